The van der Waals surface area contributed by atoms with Crippen molar-refractivity contribution in [3.05, 3.63) is 53.6 Å². The molecule has 0 aliphatic carbocycles. The summed E-state index contributed by atoms with van der Waals surface area (Å²) >= 11 is 0. The van der Waals surface area contributed by atoms with E-state index in [9.17, 15) is 18.4 Å². The molecule has 0 aliphatic heterocycles. The van der Waals surface area contributed by atoms with Crippen molar-refractivity contribution < 1.29 is 18.4 Å². The van der Waals surface area contributed by atoms with Gasteiger partial charge in [0.1, 0.15) is 11.4 Å². The zero-order valence-electron chi connectivity index (χ0n) is 11.6. The van der Waals surface area contributed by atoms with Gasteiger partial charge in [-0.15, -0.1) is 0 Å². The van der Waals surface area contributed by atoms with E-state index in [1.807, 2.05) is 0 Å². The van der Waals surface area contributed by atoms with Crippen LogP contribution in [0.1, 0.15) is 17.3 Å². The van der Waals surface area contributed by atoms with Crippen molar-refractivity contribution in [2.45, 2.75) is 6.92 Å². The van der Waals surface area contributed by atoms with Crippen molar-refractivity contribution >= 4 is 28.9 Å². The minimum atomic E-state index is -1.10. The molecule has 7 heteroatoms. The highest BCUT2D eigenvalue weighted by molar-refractivity contribution is 6.05. The average Bonchev–Trinajstić information content (AvgIpc) is 2.45. The lowest BCUT2D eigenvalue weighted by atomic mass is 10.1. The van der Waals surface area contributed by atoms with Crippen LogP contribution in [0.2, 0.25) is 0 Å². The predicted molar refractivity (Wildman–Crippen MR) is 79.5 cm³/mol. The Bertz CT molecular complexity index is 730. The maximum absolute atomic E-state index is 13.7. The van der Waals surface area contributed by atoms with E-state index in [4.69, 9.17) is 5.73 Å². The monoisotopic (exact) mass is 305 g/mol. The van der Waals surface area contributed by atoms with E-state index < -0.39 is 23.1 Å². The quantitative estimate of drug-likeness (QED) is 0.762. The second-order valence-electron chi connectivity index (χ2n) is 4.54. The smallest absolute Gasteiger partial charge is 0.261 e. The van der Waals surface area contributed by atoms with Gasteiger partial charge in [0.25, 0.3) is 5.91 Å². The highest BCUT2D eigenvalue weighted by Crippen LogP contribution is 2.21. The first-order valence-electron chi connectivity index (χ1n) is 6.31. The molecule has 0 bridgehead atoms. The summed E-state index contributed by atoms with van der Waals surface area (Å²) < 4.78 is 27.3. The second kappa shape index (κ2) is 6.21. The number of nitrogens with one attached hydrogen (secondary N) is 2. The molecule has 0 atom stereocenters. The molecule has 0 spiro atoms. The van der Waals surface area contributed by atoms with Crippen LogP contribution in [0.15, 0.2) is 36.4 Å². The van der Waals surface area contributed by atoms with Crippen LogP contribution in [0, 0.1) is 11.6 Å². The lowest BCUT2D eigenvalue weighted by Gasteiger charge is -2.09. The zero-order valence-corrected chi connectivity index (χ0v) is 11.6. The van der Waals surface area contributed by atoms with Crippen LogP contribution in [-0.2, 0) is 4.79 Å². The van der Waals surface area contributed by atoms with Crippen LogP contribution in [0.4, 0.5) is 25.8 Å². The molecule has 0 fully saturated rings. The van der Waals surface area contributed by atoms with E-state index in [0.29, 0.717) is 11.4 Å². The number of hydrogen-bond acceptors (Lipinski definition) is 3. The third-order valence-corrected chi connectivity index (χ3v) is 2.81. The van der Waals surface area contributed by atoms with E-state index in [2.05, 4.69) is 10.6 Å². The topological polar surface area (TPSA) is 84.2 Å². The number of benzene rings is 2. The highest BCUT2D eigenvalue weighted by Gasteiger charge is 2.19. The molecule has 114 valence electrons. The molecule has 0 aliphatic rings. The van der Waals surface area contributed by atoms with Gasteiger partial charge in [0.2, 0.25) is 5.91 Å². The SMILES string of the molecule is CC(=O)Nc1ccc(NC(=O)c2c(F)ccc(N)c2F)cc1. The van der Waals surface area contributed by atoms with Gasteiger partial charge >= 0.3 is 0 Å². The Hall–Kier alpha value is -2.96. The number of halogens is 2. The van der Waals surface area contributed by atoms with Crippen molar-refractivity contribution in [2.75, 3.05) is 16.4 Å². The number of rotatable bonds is 3. The fourth-order valence-corrected chi connectivity index (χ4v) is 1.81. The van der Waals surface area contributed by atoms with Crippen molar-refractivity contribution in [3.8, 4) is 0 Å². The lowest BCUT2D eigenvalue weighted by molar-refractivity contribution is -0.114. The number of carbonyl (C=O) groups excluding carboxylic acids is 2. The first-order valence-corrected chi connectivity index (χ1v) is 6.31. The van der Waals surface area contributed by atoms with Crippen LogP contribution in [0.5, 0.6) is 0 Å². The molecule has 2 aromatic carbocycles. The highest BCUT2D eigenvalue weighted by atomic mass is 19.1. The molecule has 2 rings (SSSR count). The maximum Gasteiger partial charge on any atom is 0.261 e. The summed E-state index contributed by atoms with van der Waals surface area (Å²) in [5.74, 6) is -3.29. The molecule has 0 unspecified atom stereocenters. The van der Waals surface area contributed by atoms with Crippen LogP contribution >= 0.6 is 0 Å². The zero-order chi connectivity index (χ0) is 16.3. The fraction of sp³-hybridized carbons (Fsp3) is 0.0667. The van der Waals surface area contributed by atoms with Crippen LogP contribution in [0.25, 0.3) is 0 Å². The van der Waals surface area contributed by atoms with Crippen molar-refractivity contribution in [1.29, 1.82) is 0 Å². The summed E-state index contributed by atoms with van der Waals surface area (Å²) in [6.07, 6.45) is 0. The minimum absolute atomic E-state index is 0.235. The second-order valence-corrected chi connectivity index (χ2v) is 4.54. The number of hydrogen-bond donors (Lipinski definition) is 3. The summed E-state index contributed by atoms with van der Waals surface area (Å²) in [4.78, 5) is 22.8. The van der Waals surface area contributed by atoms with Gasteiger partial charge in [-0.05, 0) is 36.4 Å². The number of nitrogens with two attached hydrogens (primary N) is 1. The van der Waals surface area contributed by atoms with Crippen molar-refractivity contribution in [3.63, 3.8) is 0 Å². The molecule has 2 aromatic rings. The molecule has 2 amide bonds. The lowest BCUT2D eigenvalue weighted by Crippen LogP contribution is -2.17. The van der Waals surface area contributed by atoms with Gasteiger partial charge in [0.05, 0.1) is 5.69 Å². The first kappa shape index (κ1) is 15.4. The largest absolute Gasteiger partial charge is 0.396 e. The minimum Gasteiger partial charge on any atom is -0.396 e. The van der Waals surface area contributed by atoms with Gasteiger partial charge in [-0.1, -0.05) is 0 Å². The molecule has 4 N–H and O–H groups in total. The van der Waals surface area contributed by atoms with Gasteiger partial charge in [-0.2, -0.15) is 0 Å². The Morgan fingerprint density at radius 2 is 1.50 bits per heavy atom. The molecular formula is C15H13F2N3O2. The van der Waals surface area contributed by atoms with Crippen LogP contribution in [-0.4, -0.2) is 11.8 Å². The number of nitrogen functional groups attached to an aromatic ring is 1. The molecule has 0 saturated heterocycles. The summed E-state index contributed by atoms with van der Waals surface area (Å²) in [7, 11) is 0. The normalized spacial score (nSPS) is 10.1. The fourth-order valence-electron chi connectivity index (χ4n) is 1.81. The van der Waals surface area contributed by atoms with Crippen LogP contribution in [0.3, 0.4) is 0 Å². The van der Waals surface area contributed by atoms with Gasteiger partial charge in [-0.3, -0.25) is 9.59 Å². The van der Waals surface area contributed by atoms with Gasteiger partial charge in [0, 0.05) is 18.3 Å². The average molecular weight is 305 g/mol. The Labute approximate surface area is 125 Å². The molecule has 0 radical (unpaired) electrons. The van der Waals surface area contributed by atoms with Crippen molar-refractivity contribution in [2.24, 2.45) is 0 Å². The summed E-state index contributed by atoms with van der Waals surface area (Å²) in [5.41, 5.74) is 5.12. The van der Waals surface area contributed by atoms with E-state index in [0.717, 1.165) is 12.1 Å². The van der Waals surface area contributed by atoms with Gasteiger partial charge in [-0.25, -0.2) is 8.78 Å². The molecular weight excluding hydrogens is 292 g/mol. The molecule has 0 heterocycles. The van der Waals surface area contributed by atoms with E-state index in [-0.39, 0.29) is 11.6 Å². The predicted octanol–water partition coefficient (Wildman–Crippen LogP) is 2.76. The number of anilines is 3. The number of carbonyl (C=O) groups is 2. The van der Waals surface area contributed by atoms with Gasteiger partial charge in [0.15, 0.2) is 5.82 Å². The molecule has 5 nitrogen and oxygen atoms in total. The molecule has 0 saturated carbocycles. The summed E-state index contributed by atoms with van der Waals surface area (Å²) in [5, 5.41) is 4.91. The molecule has 0 aromatic heterocycles. The van der Waals surface area contributed by atoms with E-state index in [1.165, 1.54) is 19.1 Å². The summed E-state index contributed by atoms with van der Waals surface area (Å²) in [6, 6.07) is 8.04. The Morgan fingerprint density at radius 1 is 0.955 bits per heavy atom. The first-order chi connectivity index (χ1) is 10.4. The Morgan fingerprint density at radius 3 is 2.05 bits per heavy atom. The summed E-state index contributed by atoms with van der Waals surface area (Å²) in [6.45, 7) is 1.36. The molecule has 22 heavy (non-hydrogen) atoms. The third-order valence-electron chi connectivity index (χ3n) is 2.81. The Kier molecular flexibility index (Phi) is 4.36. The van der Waals surface area contributed by atoms with E-state index >= 15 is 0 Å². The third kappa shape index (κ3) is 3.38. The Balaban J connectivity index is 2.19. The number of amides is 2. The standard InChI is InChI=1S/C15H13F2N3O2/c1-8(21)19-9-2-4-10(5-3-9)20-15(22)13-11(16)6-7-12(18)14(13)17/h2-7H,18H2,1H3,(H,19,21)(H,20,22). The van der Waals surface area contributed by atoms with E-state index in [1.54, 1.807) is 12.1 Å². The van der Waals surface area contributed by atoms with Crippen molar-refractivity contribution in [1.82, 2.24) is 0 Å². The maximum atomic E-state index is 13.7. The van der Waals surface area contributed by atoms with Crippen LogP contribution < -0.4 is 16.4 Å². The van der Waals surface area contributed by atoms with Gasteiger partial charge < -0.3 is 16.4 Å².